The molecule has 4 nitrogen and oxygen atoms in total. The van der Waals surface area contributed by atoms with Crippen LogP contribution in [0.3, 0.4) is 0 Å². The molecule has 1 aromatic rings. The van der Waals surface area contributed by atoms with Gasteiger partial charge in [-0.05, 0) is 0 Å². The van der Waals surface area contributed by atoms with Crippen LogP contribution in [0.4, 0.5) is 0 Å². The van der Waals surface area contributed by atoms with E-state index in [2.05, 4.69) is 10.2 Å². The predicted octanol–water partition coefficient (Wildman–Crippen LogP) is -4.22. The van der Waals surface area contributed by atoms with Crippen LogP contribution in [0, 0.1) is 0 Å². The summed E-state index contributed by atoms with van der Waals surface area (Å²) in [5.41, 5.74) is 0.0741. The van der Waals surface area contributed by atoms with Gasteiger partial charge in [-0.25, -0.2) is 0 Å². The van der Waals surface area contributed by atoms with Crippen molar-refractivity contribution in [3.05, 3.63) is 18.0 Å². The second-order valence-electron chi connectivity index (χ2n) is 1.27. The zero-order chi connectivity index (χ0) is 5.98. The van der Waals surface area contributed by atoms with E-state index in [4.69, 9.17) is 0 Å². The molecule has 0 aliphatic rings. The Balaban J connectivity index is 0.000000640. The van der Waals surface area contributed by atoms with Gasteiger partial charge in [0.1, 0.15) is 0 Å². The van der Waals surface area contributed by atoms with Crippen molar-refractivity contribution >= 4 is 5.97 Å². The number of hydrogen-bond donors (Lipinski definition) is 1. The summed E-state index contributed by atoms with van der Waals surface area (Å²) in [5, 5.41) is 15.6. The maximum absolute atomic E-state index is 9.89. The van der Waals surface area contributed by atoms with Gasteiger partial charge in [-0.1, -0.05) is 0 Å². The Morgan fingerprint density at radius 1 is 1.78 bits per heavy atom. The Morgan fingerprint density at radius 3 is 2.67 bits per heavy atom. The Hall–Kier alpha value is 0.316. The molecule has 0 fully saturated rings. The van der Waals surface area contributed by atoms with Gasteiger partial charge in [0.25, 0.3) is 0 Å². The van der Waals surface area contributed by atoms with E-state index >= 15 is 0 Å². The number of carboxylic acid groups (broad SMARTS) is 1. The normalized spacial score (nSPS) is 8.00. The quantitative estimate of drug-likeness (QED) is 0.412. The summed E-state index contributed by atoms with van der Waals surface area (Å²) in [6.07, 6.45) is 2.45. The smallest absolute Gasteiger partial charge is 0.545 e. The number of aromatic amines is 1. The van der Waals surface area contributed by atoms with Crippen LogP contribution >= 0.6 is 0 Å². The molecule has 0 aliphatic carbocycles. The summed E-state index contributed by atoms with van der Waals surface area (Å²) < 4.78 is 0. The Labute approximate surface area is 94.1 Å². The summed E-state index contributed by atoms with van der Waals surface area (Å²) in [6, 6.07) is 0. The van der Waals surface area contributed by atoms with Crippen molar-refractivity contribution in [2.24, 2.45) is 0 Å². The topological polar surface area (TPSA) is 68.8 Å². The molecule has 1 heterocycles. The molecule has 0 amide bonds. The van der Waals surface area contributed by atoms with Crippen LogP contribution in [-0.2, 0) is 0 Å². The average Bonchev–Trinajstić information content (AvgIpc) is 2.12. The van der Waals surface area contributed by atoms with Crippen molar-refractivity contribution < 1.29 is 61.3 Å². The molecule has 5 heteroatoms. The molecule has 42 valence electrons. The number of carbonyl (C=O) groups is 1. The van der Waals surface area contributed by atoms with E-state index in [0.29, 0.717) is 0 Å². The van der Waals surface area contributed by atoms with Gasteiger partial charge in [0.2, 0.25) is 0 Å². The van der Waals surface area contributed by atoms with Crippen LogP contribution in [0.5, 0.6) is 0 Å². The zero-order valence-corrected chi connectivity index (χ0v) is 8.04. The minimum Gasteiger partial charge on any atom is -0.545 e. The molecule has 0 spiro atoms. The van der Waals surface area contributed by atoms with Crippen molar-refractivity contribution in [1.82, 2.24) is 10.2 Å². The third-order valence-electron chi connectivity index (χ3n) is 0.734. The largest absolute Gasteiger partial charge is 1.00 e. The van der Waals surface area contributed by atoms with Crippen molar-refractivity contribution in [2.45, 2.75) is 0 Å². The van der Waals surface area contributed by atoms with Crippen molar-refractivity contribution in [3.8, 4) is 0 Å². The first kappa shape index (κ1) is 9.32. The maximum Gasteiger partial charge on any atom is 1.00 e. The van der Waals surface area contributed by atoms with Crippen LogP contribution in [0.25, 0.3) is 0 Å². The monoisotopic (exact) mass is 150 g/mol. The van der Waals surface area contributed by atoms with E-state index in [9.17, 15) is 9.90 Å². The fourth-order valence-corrected chi connectivity index (χ4v) is 0.363. The standard InChI is InChI=1S/C4H4N2O2.K/c7-4(8)3-1-5-6-2-3;/h1-2H,(H,5,6)(H,7,8);/q;+1/p-1. The number of carboxylic acids is 1. The number of aromatic nitrogens is 2. The summed E-state index contributed by atoms with van der Waals surface area (Å²) in [4.78, 5) is 9.89. The molecule has 1 N–H and O–H groups in total. The Bertz CT molecular complexity index is 184. The number of aromatic carboxylic acids is 1. The third kappa shape index (κ3) is 2.59. The summed E-state index contributed by atoms with van der Waals surface area (Å²) in [5.74, 6) is -1.21. The molecule has 0 atom stereocenters. The summed E-state index contributed by atoms with van der Waals surface area (Å²) in [6.45, 7) is 0. The minimum absolute atomic E-state index is 0. The third-order valence-corrected chi connectivity index (χ3v) is 0.734. The number of nitrogens with zero attached hydrogens (tertiary/aromatic N) is 1. The van der Waals surface area contributed by atoms with Crippen LogP contribution in [0.2, 0.25) is 0 Å². The number of hydrogen-bond acceptors (Lipinski definition) is 3. The van der Waals surface area contributed by atoms with Gasteiger partial charge in [-0.2, -0.15) is 5.10 Å². The Kier molecular flexibility index (Phi) is 4.33. The van der Waals surface area contributed by atoms with Crippen LogP contribution in [-0.4, -0.2) is 16.2 Å². The first-order valence-electron chi connectivity index (χ1n) is 2.01. The van der Waals surface area contributed by atoms with Crippen molar-refractivity contribution in [2.75, 3.05) is 0 Å². The van der Waals surface area contributed by atoms with E-state index in [-0.39, 0.29) is 56.9 Å². The van der Waals surface area contributed by atoms with Crippen LogP contribution < -0.4 is 56.5 Å². The molecule has 0 radical (unpaired) electrons. The fraction of sp³-hybridized carbons (Fsp3) is 0. The molecular weight excluding hydrogens is 147 g/mol. The molecular formula is C4H3KN2O2. The summed E-state index contributed by atoms with van der Waals surface area (Å²) in [7, 11) is 0. The number of rotatable bonds is 1. The van der Waals surface area contributed by atoms with Gasteiger partial charge in [0.05, 0.1) is 12.2 Å². The average molecular weight is 150 g/mol. The predicted molar refractivity (Wildman–Crippen MR) is 22.9 cm³/mol. The van der Waals surface area contributed by atoms with E-state index in [0.717, 1.165) is 0 Å². The molecule has 0 bridgehead atoms. The van der Waals surface area contributed by atoms with Gasteiger partial charge in [-0.3, -0.25) is 5.10 Å². The molecule has 0 aliphatic heterocycles. The maximum atomic E-state index is 9.89. The molecule has 1 rings (SSSR count). The van der Waals surface area contributed by atoms with E-state index in [1.165, 1.54) is 12.4 Å². The van der Waals surface area contributed by atoms with E-state index in [1.54, 1.807) is 0 Å². The minimum atomic E-state index is -1.21. The van der Waals surface area contributed by atoms with E-state index in [1.807, 2.05) is 0 Å². The van der Waals surface area contributed by atoms with Crippen LogP contribution in [0.1, 0.15) is 10.4 Å². The molecule has 0 saturated heterocycles. The second kappa shape index (κ2) is 4.18. The Morgan fingerprint density at radius 2 is 2.44 bits per heavy atom. The van der Waals surface area contributed by atoms with Gasteiger partial charge >= 0.3 is 51.4 Å². The van der Waals surface area contributed by atoms with Crippen molar-refractivity contribution in [3.63, 3.8) is 0 Å². The van der Waals surface area contributed by atoms with Gasteiger partial charge in [-0.15, -0.1) is 0 Å². The number of carbonyl (C=O) groups excluding carboxylic acids is 1. The van der Waals surface area contributed by atoms with Gasteiger partial charge < -0.3 is 9.90 Å². The van der Waals surface area contributed by atoms with Crippen LogP contribution in [0.15, 0.2) is 12.4 Å². The zero-order valence-electron chi connectivity index (χ0n) is 4.92. The van der Waals surface area contributed by atoms with Gasteiger partial charge in [0.15, 0.2) is 0 Å². The summed E-state index contributed by atoms with van der Waals surface area (Å²) >= 11 is 0. The molecule has 1 aromatic heterocycles. The molecule has 0 aromatic carbocycles. The van der Waals surface area contributed by atoms with E-state index < -0.39 is 5.97 Å². The van der Waals surface area contributed by atoms with Crippen molar-refractivity contribution in [1.29, 1.82) is 0 Å². The second-order valence-corrected chi connectivity index (χ2v) is 1.27. The molecule has 9 heavy (non-hydrogen) atoms. The first-order valence-corrected chi connectivity index (χ1v) is 2.01. The SMILES string of the molecule is O=C([O-])c1cn[nH]c1.[K+]. The first-order chi connectivity index (χ1) is 3.80. The molecule has 0 unspecified atom stereocenters. The van der Waals surface area contributed by atoms with Gasteiger partial charge in [0, 0.05) is 11.8 Å². The molecule has 0 saturated carbocycles. The fourth-order valence-electron chi connectivity index (χ4n) is 0.363. The number of H-pyrrole nitrogens is 1. The number of nitrogens with one attached hydrogen (secondary N) is 1.